The van der Waals surface area contributed by atoms with E-state index in [0.29, 0.717) is 12.8 Å². The molecule has 2 rings (SSSR count). The van der Waals surface area contributed by atoms with Gasteiger partial charge in [-0.15, -0.1) is 0 Å². The van der Waals surface area contributed by atoms with E-state index in [9.17, 15) is 4.79 Å². The Kier molecular flexibility index (Phi) is 3.38. The van der Waals surface area contributed by atoms with Crippen LogP contribution in [0.2, 0.25) is 5.02 Å². The van der Waals surface area contributed by atoms with Crippen LogP contribution < -0.4 is 0 Å². The van der Waals surface area contributed by atoms with Crippen molar-refractivity contribution < 1.29 is 9.53 Å². The summed E-state index contributed by atoms with van der Waals surface area (Å²) in [5.74, 6) is -0.202. The van der Waals surface area contributed by atoms with Gasteiger partial charge in [-0.05, 0) is 31.0 Å². The van der Waals surface area contributed by atoms with Gasteiger partial charge in [0.1, 0.15) is 0 Å². The summed E-state index contributed by atoms with van der Waals surface area (Å²) in [5, 5.41) is 0.755. The number of hydrogen-bond donors (Lipinski definition) is 0. The lowest BCUT2D eigenvalue weighted by Gasteiger charge is -2.03. The highest BCUT2D eigenvalue weighted by atomic mass is 35.5. The fourth-order valence-corrected chi connectivity index (χ4v) is 2.25. The molecule has 2 heterocycles. The maximum Gasteiger partial charge on any atom is 0.305 e. The standard InChI is InChI=1S/C13H14ClNO2/c1-9-10(6-7-12(16)17-2)15-8-4-3-5-11(15)13(9)14/h3-5,8H,6-7H2,1-2H3. The van der Waals surface area contributed by atoms with Crippen LogP contribution in [0.3, 0.4) is 0 Å². The summed E-state index contributed by atoms with van der Waals surface area (Å²) in [5.41, 5.74) is 3.07. The number of methoxy groups -OCH3 is 1. The van der Waals surface area contributed by atoms with E-state index >= 15 is 0 Å². The van der Waals surface area contributed by atoms with E-state index in [0.717, 1.165) is 21.8 Å². The average molecular weight is 252 g/mol. The Labute approximate surface area is 105 Å². The van der Waals surface area contributed by atoms with Gasteiger partial charge in [0.05, 0.1) is 24.1 Å². The van der Waals surface area contributed by atoms with Crippen LogP contribution in [-0.4, -0.2) is 17.5 Å². The Morgan fingerprint density at radius 1 is 1.47 bits per heavy atom. The van der Waals surface area contributed by atoms with E-state index in [2.05, 4.69) is 4.74 Å². The first-order chi connectivity index (χ1) is 8.15. The molecule has 0 N–H and O–H groups in total. The van der Waals surface area contributed by atoms with Gasteiger partial charge in [-0.25, -0.2) is 0 Å². The van der Waals surface area contributed by atoms with Gasteiger partial charge < -0.3 is 9.14 Å². The van der Waals surface area contributed by atoms with E-state index in [1.807, 2.05) is 35.7 Å². The molecule has 90 valence electrons. The van der Waals surface area contributed by atoms with Gasteiger partial charge in [0, 0.05) is 11.9 Å². The van der Waals surface area contributed by atoms with Crippen LogP contribution in [0.5, 0.6) is 0 Å². The van der Waals surface area contributed by atoms with E-state index < -0.39 is 0 Å². The molecular formula is C13H14ClNO2. The maximum absolute atomic E-state index is 11.2. The van der Waals surface area contributed by atoms with Crippen molar-refractivity contribution >= 4 is 23.1 Å². The molecule has 3 nitrogen and oxygen atoms in total. The number of rotatable bonds is 3. The van der Waals surface area contributed by atoms with Crippen LogP contribution >= 0.6 is 11.6 Å². The quantitative estimate of drug-likeness (QED) is 0.785. The minimum Gasteiger partial charge on any atom is -0.469 e. The average Bonchev–Trinajstić information content (AvgIpc) is 2.60. The number of aryl methyl sites for hydroxylation is 1. The van der Waals surface area contributed by atoms with Gasteiger partial charge in [0.2, 0.25) is 0 Å². The van der Waals surface area contributed by atoms with Crippen LogP contribution in [0.25, 0.3) is 5.52 Å². The van der Waals surface area contributed by atoms with Crippen LogP contribution in [0.1, 0.15) is 17.7 Å². The highest BCUT2D eigenvalue weighted by Gasteiger charge is 2.13. The third-order valence-electron chi connectivity index (χ3n) is 2.93. The van der Waals surface area contributed by atoms with Crippen LogP contribution in [-0.2, 0) is 16.0 Å². The van der Waals surface area contributed by atoms with Crippen LogP contribution in [0, 0.1) is 6.92 Å². The second kappa shape index (κ2) is 4.80. The summed E-state index contributed by atoms with van der Waals surface area (Å²) in [6.45, 7) is 1.97. The van der Waals surface area contributed by atoms with Crippen molar-refractivity contribution in [2.24, 2.45) is 0 Å². The van der Waals surface area contributed by atoms with E-state index in [-0.39, 0.29) is 5.97 Å². The molecule has 0 saturated carbocycles. The van der Waals surface area contributed by atoms with Crippen molar-refractivity contribution in [3.8, 4) is 0 Å². The number of carbonyl (C=O) groups is 1. The number of fused-ring (bicyclic) bond motifs is 1. The van der Waals surface area contributed by atoms with Crippen molar-refractivity contribution in [2.75, 3.05) is 7.11 Å². The Bertz CT molecular complexity index is 560. The Morgan fingerprint density at radius 3 is 2.94 bits per heavy atom. The highest BCUT2D eigenvalue weighted by Crippen LogP contribution is 2.28. The summed E-state index contributed by atoms with van der Waals surface area (Å²) >= 11 is 6.26. The Morgan fingerprint density at radius 2 is 2.24 bits per heavy atom. The molecule has 0 spiro atoms. The molecule has 17 heavy (non-hydrogen) atoms. The predicted octanol–water partition coefficient (Wildman–Crippen LogP) is 3.01. The molecule has 0 aliphatic heterocycles. The van der Waals surface area contributed by atoms with Crippen molar-refractivity contribution in [1.82, 2.24) is 4.40 Å². The number of pyridine rings is 1. The summed E-state index contributed by atoms with van der Waals surface area (Å²) in [6.07, 6.45) is 2.96. The normalized spacial score (nSPS) is 10.8. The predicted molar refractivity (Wildman–Crippen MR) is 67.5 cm³/mol. The second-order valence-corrected chi connectivity index (χ2v) is 4.30. The molecule has 0 radical (unpaired) electrons. The van der Waals surface area contributed by atoms with Gasteiger partial charge >= 0.3 is 5.97 Å². The number of carbonyl (C=O) groups excluding carboxylic acids is 1. The Hall–Kier alpha value is -1.48. The zero-order chi connectivity index (χ0) is 12.4. The molecular weight excluding hydrogens is 238 g/mol. The lowest BCUT2D eigenvalue weighted by molar-refractivity contribution is -0.140. The number of halogens is 1. The van der Waals surface area contributed by atoms with Gasteiger partial charge in [-0.3, -0.25) is 4.79 Å². The molecule has 2 aromatic rings. The zero-order valence-corrected chi connectivity index (χ0v) is 10.6. The molecule has 0 bridgehead atoms. The third-order valence-corrected chi connectivity index (χ3v) is 3.41. The first kappa shape index (κ1) is 12.0. The molecule has 2 aromatic heterocycles. The fraction of sp³-hybridized carbons (Fsp3) is 0.308. The lowest BCUT2D eigenvalue weighted by atomic mass is 10.2. The fourth-order valence-electron chi connectivity index (χ4n) is 1.99. The molecule has 0 amide bonds. The molecule has 0 aliphatic rings. The molecule has 0 atom stereocenters. The van der Waals surface area contributed by atoms with Crippen molar-refractivity contribution in [3.05, 3.63) is 40.7 Å². The van der Waals surface area contributed by atoms with E-state index in [1.165, 1.54) is 7.11 Å². The van der Waals surface area contributed by atoms with Crippen LogP contribution in [0.15, 0.2) is 24.4 Å². The van der Waals surface area contributed by atoms with Gasteiger partial charge in [-0.1, -0.05) is 17.7 Å². The lowest BCUT2D eigenvalue weighted by Crippen LogP contribution is -2.04. The highest BCUT2D eigenvalue weighted by molar-refractivity contribution is 6.34. The minimum atomic E-state index is -0.202. The maximum atomic E-state index is 11.2. The number of esters is 1. The number of nitrogens with zero attached hydrogens (tertiary/aromatic N) is 1. The SMILES string of the molecule is COC(=O)CCc1c(C)c(Cl)c2ccccn12. The van der Waals surface area contributed by atoms with Gasteiger partial charge in [0.15, 0.2) is 0 Å². The van der Waals surface area contributed by atoms with Crippen molar-refractivity contribution in [2.45, 2.75) is 19.8 Å². The first-order valence-electron chi connectivity index (χ1n) is 5.46. The largest absolute Gasteiger partial charge is 0.469 e. The number of hydrogen-bond acceptors (Lipinski definition) is 2. The molecule has 4 heteroatoms. The second-order valence-electron chi connectivity index (χ2n) is 3.92. The smallest absolute Gasteiger partial charge is 0.305 e. The van der Waals surface area contributed by atoms with Crippen molar-refractivity contribution in [1.29, 1.82) is 0 Å². The molecule has 0 unspecified atom stereocenters. The summed E-state index contributed by atoms with van der Waals surface area (Å²) in [7, 11) is 1.40. The van der Waals surface area contributed by atoms with E-state index in [4.69, 9.17) is 11.6 Å². The third kappa shape index (κ3) is 2.15. The van der Waals surface area contributed by atoms with Gasteiger partial charge in [0.25, 0.3) is 0 Å². The summed E-state index contributed by atoms with van der Waals surface area (Å²) in [6, 6.07) is 5.87. The van der Waals surface area contributed by atoms with Crippen molar-refractivity contribution in [3.63, 3.8) is 0 Å². The van der Waals surface area contributed by atoms with Crippen LogP contribution in [0.4, 0.5) is 0 Å². The monoisotopic (exact) mass is 251 g/mol. The van der Waals surface area contributed by atoms with Gasteiger partial charge in [-0.2, -0.15) is 0 Å². The summed E-state index contributed by atoms with van der Waals surface area (Å²) in [4.78, 5) is 11.2. The molecule has 0 aromatic carbocycles. The zero-order valence-electron chi connectivity index (χ0n) is 9.87. The summed E-state index contributed by atoms with van der Waals surface area (Å²) < 4.78 is 6.68. The topological polar surface area (TPSA) is 30.7 Å². The minimum absolute atomic E-state index is 0.202. The molecule has 0 saturated heterocycles. The number of aromatic nitrogens is 1. The van der Waals surface area contributed by atoms with E-state index in [1.54, 1.807) is 0 Å². The first-order valence-corrected chi connectivity index (χ1v) is 5.83. The Balaban J connectivity index is 2.39. The molecule has 0 aliphatic carbocycles. The number of ether oxygens (including phenoxy) is 1. The molecule has 0 fully saturated rings.